The molecule has 5 fully saturated rings. The summed E-state index contributed by atoms with van der Waals surface area (Å²) in [4.78, 5) is 30.9. The van der Waals surface area contributed by atoms with Gasteiger partial charge in [0.15, 0.2) is 0 Å². The molecule has 5 aliphatic rings. The van der Waals surface area contributed by atoms with E-state index in [2.05, 4.69) is 16.3 Å². The second-order valence-electron chi connectivity index (χ2n) is 9.59. The lowest BCUT2D eigenvalue weighted by molar-refractivity contribution is -0.130. The molecular formula is C21H31N5O3. The number of rotatable bonds is 3. The average Bonchev–Trinajstić information content (AvgIpc) is 3.09. The molecule has 0 aromatic carbocycles. The number of fused-ring (bicyclic) bond motifs is 1. The first-order valence-corrected chi connectivity index (χ1v) is 11.1. The van der Waals surface area contributed by atoms with Gasteiger partial charge in [-0.1, -0.05) is 0 Å². The molecule has 3 amide bonds. The second-order valence-corrected chi connectivity index (χ2v) is 9.59. The van der Waals surface area contributed by atoms with Crippen molar-refractivity contribution in [3.63, 3.8) is 0 Å². The highest BCUT2D eigenvalue weighted by Gasteiger charge is 2.62. The molecule has 5 atom stereocenters. The van der Waals surface area contributed by atoms with Crippen LogP contribution in [0.1, 0.15) is 32.1 Å². The highest BCUT2D eigenvalue weighted by Crippen LogP contribution is 2.63. The Balaban J connectivity index is 1.09. The van der Waals surface area contributed by atoms with Crippen LogP contribution in [0.2, 0.25) is 0 Å². The summed E-state index contributed by atoms with van der Waals surface area (Å²) in [5, 5.41) is 12.7. The molecule has 3 heterocycles. The lowest BCUT2D eigenvalue weighted by atomic mass is 10.0. The van der Waals surface area contributed by atoms with Gasteiger partial charge < -0.3 is 24.8 Å². The minimum atomic E-state index is -0.238. The van der Waals surface area contributed by atoms with Crippen molar-refractivity contribution in [2.24, 2.45) is 17.3 Å². The largest absolute Gasteiger partial charge is 0.378 e. The number of urea groups is 1. The molecule has 0 aromatic heterocycles. The van der Waals surface area contributed by atoms with Crippen LogP contribution in [-0.4, -0.2) is 91.2 Å². The maximum Gasteiger partial charge on any atom is 0.320 e. The van der Waals surface area contributed by atoms with Gasteiger partial charge in [0.1, 0.15) is 6.04 Å². The van der Waals surface area contributed by atoms with Crippen LogP contribution < -0.4 is 5.32 Å². The summed E-state index contributed by atoms with van der Waals surface area (Å²) in [5.74, 6) is 1.27. The van der Waals surface area contributed by atoms with Gasteiger partial charge in [0.25, 0.3) is 0 Å². The number of hydrogen-bond donors (Lipinski definition) is 1. The molecule has 8 heteroatoms. The Labute approximate surface area is 172 Å². The molecule has 1 N–H and O–H groups in total. The number of likely N-dealkylation sites (tertiary alicyclic amines) is 2. The maximum atomic E-state index is 12.7. The van der Waals surface area contributed by atoms with Crippen LogP contribution in [0, 0.1) is 28.6 Å². The Kier molecular flexibility index (Phi) is 4.91. The summed E-state index contributed by atoms with van der Waals surface area (Å²) in [6, 6.07) is 2.61. The molecule has 3 saturated heterocycles. The SMILES string of the molecule is N#C[C@@H]1CCCN1C(=O)CNC1CC12C[C@H]1CN(C(=O)N3CCOCC3)C[C@H]1C2. The van der Waals surface area contributed by atoms with Crippen molar-refractivity contribution in [3.8, 4) is 6.07 Å². The normalized spacial score (nSPS) is 38.4. The fourth-order valence-corrected chi connectivity index (χ4v) is 6.24. The molecular weight excluding hydrogens is 370 g/mol. The number of amides is 3. The van der Waals surface area contributed by atoms with Crippen LogP contribution in [0.4, 0.5) is 4.79 Å². The number of ether oxygens (including phenoxy) is 1. The minimum Gasteiger partial charge on any atom is -0.378 e. The Morgan fingerprint density at radius 1 is 1.07 bits per heavy atom. The fourth-order valence-electron chi connectivity index (χ4n) is 6.24. The van der Waals surface area contributed by atoms with E-state index in [0.29, 0.717) is 62.7 Å². The third kappa shape index (κ3) is 3.49. The third-order valence-corrected chi connectivity index (χ3v) is 7.88. The number of nitriles is 1. The van der Waals surface area contributed by atoms with Crippen LogP contribution in [0.5, 0.6) is 0 Å². The van der Waals surface area contributed by atoms with Gasteiger partial charge in [0.05, 0.1) is 25.8 Å². The van der Waals surface area contributed by atoms with E-state index in [1.54, 1.807) is 4.90 Å². The molecule has 29 heavy (non-hydrogen) atoms. The standard InChI is InChI=1S/C21H31N5O3/c22-11-17-2-1-3-26(17)19(27)12-23-18-10-21(18)8-15-13-25(14-16(15)9-21)20(28)24-4-6-29-7-5-24/h15-18,23H,1-10,12-14H2/t15-,16+,17-,18?,21?/m0/s1. The van der Waals surface area contributed by atoms with Crippen molar-refractivity contribution in [3.05, 3.63) is 0 Å². The molecule has 158 valence electrons. The summed E-state index contributed by atoms with van der Waals surface area (Å²) in [6.07, 6.45) is 5.22. The Bertz CT molecular complexity index is 702. The predicted octanol–water partition coefficient (Wildman–Crippen LogP) is 0.643. The van der Waals surface area contributed by atoms with Gasteiger partial charge in [0.2, 0.25) is 5.91 Å². The Morgan fingerprint density at radius 2 is 1.79 bits per heavy atom. The van der Waals surface area contributed by atoms with Gasteiger partial charge in [-0.3, -0.25) is 4.79 Å². The molecule has 2 saturated carbocycles. The van der Waals surface area contributed by atoms with Gasteiger partial charge in [-0.2, -0.15) is 5.26 Å². The third-order valence-electron chi connectivity index (χ3n) is 7.88. The zero-order chi connectivity index (χ0) is 20.0. The highest BCUT2D eigenvalue weighted by molar-refractivity contribution is 5.79. The zero-order valence-electron chi connectivity index (χ0n) is 17.0. The van der Waals surface area contributed by atoms with Crippen molar-refractivity contribution < 1.29 is 14.3 Å². The smallest absolute Gasteiger partial charge is 0.320 e. The number of nitrogens with zero attached hydrogens (tertiary/aromatic N) is 4. The predicted molar refractivity (Wildman–Crippen MR) is 105 cm³/mol. The van der Waals surface area contributed by atoms with Crippen LogP contribution in [0.3, 0.4) is 0 Å². The number of nitrogens with one attached hydrogen (secondary N) is 1. The molecule has 2 unspecified atom stereocenters. The van der Waals surface area contributed by atoms with Crippen molar-refractivity contribution in [2.75, 3.05) is 52.5 Å². The van der Waals surface area contributed by atoms with E-state index in [1.165, 1.54) is 12.8 Å². The number of hydrogen-bond acceptors (Lipinski definition) is 5. The summed E-state index contributed by atoms with van der Waals surface area (Å²) in [5.41, 5.74) is 0.337. The first-order chi connectivity index (χ1) is 14.1. The molecule has 1 spiro atoms. The molecule has 8 nitrogen and oxygen atoms in total. The van der Waals surface area contributed by atoms with Crippen molar-refractivity contribution >= 4 is 11.9 Å². The van der Waals surface area contributed by atoms with E-state index in [0.717, 1.165) is 32.4 Å². The topological polar surface area (TPSA) is 88.9 Å². The van der Waals surface area contributed by atoms with Gasteiger partial charge >= 0.3 is 6.03 Å². The van der Waals surface area contributed by atoms with Crippen LogP contribution in [0.15, 0.2) is 0 Å². The number of morpholine rings is 1. The van der Waals surface area contributed by atoms with Gasteiger partial charge in [-0.15, -0.1) is 0 Å². The molecule has 0 aromatic rings. The van der Waals surface area contributed by atoms with Gasteiger partial charge in [-0.05, 0) is 49.4 Å². The Hall–Kier alpha value is -1.85. The maximum absolute atomic E-state index is 12.7. The van der Waals surface area contributed by atoms with Crippen molar-refractivity contribution in [1.29, 1.82) is 5.26 Å². The Morgan fingerprint density at radius 3 is 2.48 bits per heavy atom. The number of carbonyl (C=O) groups excluding carboxylic acids is 2. The first-order valence-electron chi connectivity index (χ1n) is 11.1. The fraction of sp³-hybridized carbons (Fsp3) is 0.857. The van der Waals surface area contributed by atoms with E-state index in [4.69, 9.17) is 4.74 Å². The van der Waals surface area contributed by atoms with Crippen molar-refractivity contribution in [1.82, 2.24) is 20.0 Å². The monoisotopic (exact) mass is 401 g/mol. The van der Waals surface area contributed by atoms with E-state index in [1.807, 2.05) is 4.90 Å². The molecule has 5 rings (SSSR count). The minimum absolute atomic E-state index is 0.0663. The van der Waals surface area contributed by atoms with Crippen LogP contribution in [-0.2, 0) is 9.53 Å². The van der Waals surface area contributed by atoms with E-state index in [-0.39, 0.29) is 18.0 Å². The summed E-state index contributed by atoms with van der Waals surface area (Å²) in [6.45, 7) is 5.53. The highest BCUT2D eigenvalue weighted by atomic mass is 16.5. The molecule has 2 aliphatic carbocycles. The first kappa shape index (κ1) is 19.1. The van der Waals surface area contributed by atoms with Crippen molar-refractivity contribution in [2.45, 2.75) is 44.2 Å². The van der Waals surface area contributed by atoms with Crippen LogP contribution in [0.25, 0.3) is 0 Å². The zero-order valence-corrected chi connectivity index (χ0v) is 17.0. The van der Waals surface area contributed by atoms with E-state index >= 15 is 0 Å². The summed E-state index contributed by atoms with van der Waals surface area (Å²) >= 11 is 0. The lowest BCUT2D eigenvalue weighted by Gasteiger charge is -2.31. The average molecular weight is 402 g/mol. The second kappa shape index (κ2) is 7.44. The van der Waals surface area contributed by atoms with Crippen LogP contribution >= 0.6 is 0 Å². The van der Waals surface area contributed by atoms with E-state index < -0.39 is 0 Å². The van der Waals surface area contributed by atoms with E-state index in [9.17, 15) is 14.9 Å². The summed E-state index contributed by atoms with van der Waals surface area (Å²) < 4.78 is 5.36. The van der Waals surface area contributed by atoms with Gasteiger partial charge in [-0.25, -0.2) is 4.79 Å². The summed E-state index contributed by atoms with van der Waals surface area (Å²) in [7, 11) is 0. The quantitative estimate of drug-likeness (QED) is 0.750. The molecule has 0 radical (unpaired) electrons. The molecule has 0 bridgehead atoms. The van der Waals surface area contributed by atoms with Gasteiger partial charge in [0, 0.05) is 38.8 Å². The lowest BCUT2D eigenvalue weighted by Crippen LogP contribution is -2.47. The molecule has 3 aliphatic heterocycles. The number of carbonyl (C=O) groups is 2.